The third-order valence-corrected chi connectivity index (χ3v) is 3.92. The first kappa shape index (κ1) is 19.6. The third kappa shape index (κ3) is 11.4. The van der Waals surface area contributed by atoms with E-state index in [1.54, 1.807) is 0 Å². The van der Waals surface area contributed by atoms with Gasteiger partial charge in [-0.3, -0.25) is 4.79 Å². The van der Waals surface area contributed by atoms with Gasteiger partial charge in [0.25, 0.3) is 0 Å². The molecule has 2 nitrogen and oxygen atoms in total. The molecule has 0 spiro atoms. The highest BCUT2D eigenvalue weighted by Crippen LogP contribution is 2.25. The molecule has 0 aliphatic heterocycles. The van der Waals surface area contributed by atoms with Crippen LogP contribution in [-0.2, 0) is 9.53 Å². The van der Waals surface area contributed by atoms with Gasteiger partial charge in [0.1, 0.15) is 5.25 Å². The summed E-state index contributed by atoms with van der Waals surface area (Å²) in [7, 11) is 0. The number of rotatable bonds is 10. The van der Waals surface area contributed by atoms with Gasteiger partial charge >= 0.3 is 12.1 Å². The van der Waals surface area contributed by atoms with Crippen molar-refractivity contribution in [3.05, 3.63) is 0 Å². The number of ether oxygens (including phenoxy) is 1. The van der Waals surface area contributed by atoms with Crippen LogP contribution in [0.15, 0.2) is 0 Å². The summed E-state index contributed by atoms with van der Waals surface area (Å²) in [4.78, 5) is 11.9. The lowest BCUT2D eigenvalue weighted by atomic mass is 10.2. The van der Waals surface area contributed by atoms with Crippen molar-refractivity contribution in [2.24, 2.45) is 5.92 Å². The van der Waals surface area contributed by atoms with E-state index < -0.39 is 12.6 Å². The first-order valence-corrected chi connectivity index (χ1v) is 8.16. The Morgan fingerprint density at radius 2 is 1.90 bits per heavy atom. The molecular weight excluding hydrogens is 289 g/mol. The summed E-state index contributed by atoms with van der Waals surface area (Å²) >= 11 is 1.29. The third-order valence-electron chi connectivity index (χ3n) is 2.57. The molecule has 0 aliphatic rings. The van der Waals surface area contributed by atoms with Gasteiger partial charge in [-0.1, -0.05) is 33.6 Å². The molecule has 0 amide bonds. The maximum atomic E-state index is 12.1. The van der Waals surface area contributed by atoms with Gasteiger partial charge in [-0.25, -0.2) is 0 Å². The van der Waals surface area contributed by atoms with E-state index in [0.29, 0.717) is 18.8 Å². The van der Waals surface area contributed by atoms with E-state index in [4.69, 9.17) is 4.74 Å². The minimum atomic E-state index is -4.11. The zero-order valence-electron chi connectivity index (χ0n) is 12.5. The fourth-order valence-corrected chi connectivity index (χ4v) is 2.63. The Hall–Kier alpha value is -0.390. The topological polar surface area (TPSA) is 26.3 Å². The van der Waals surface area contributed by atoms with Crippen molar-refractivity contribution in [3.8, 4) is 0 Å². The van der Waals surface area contributed by atoms with Crippen LogP contribution in [0.1, 0.15) is 52.9 Å². The predicted octanol–water partition coefficient (Wildman–Crippen LogP) is 4.82. The molecule has 0 aromatic carbocycles. The highest BCUT2D eigenvalue weighted by molar-refractivity contribution is 8.00. The van der Waals surface area contributed by atoms with Gasteiger partial charge in [0.05, 0.1) is 6.61 Å². The Morgan fingerprint density at radius 1 is 1.25 bits per heavy atom. The summed E-state index contributed by atoms with van der Waals surface area (Å²) in [6.07, 6.45) is -2.34. The monoisotopic (exact) mass is 314 g/mol. The summed E-state index contributed by atoms with van der Waals surface area (Å²) in [5, 5.41) is -0.332. The second-order valence-corrected chi connectivity index (χ2v) is 6.55. The average molecular weight is 314 g/mol. The fourth-order valence-electron chi connectivity index (χ4n) is 1.50. The zero-order valence-corrected chi connectivity index (χ0v) is 13.3. The number of alkyl halides is 3. The zero-order chi connectivity index (χ0) is 15.6. The Morgan fingerprint density at radius 3 is 2.40 bits per heavy atom. The van der Waals surface area contributed by atoms with Crippen molar-refractivity contribution in [1.29, 1.82) is 0 Å². The van der Waals surface area contributed by atoms with Crippen LogP contribution in [-0.4, -0.2) is 29.8 Å². The van der Waals surface area contributed by atoms with Gasteiger partial charge < -0.3 is 4.74 Å². The highest BCUT2D eigenvalue weighted by Gasteiger charge is 2.27. The Labute approximate surface area is 123 Å². The standard InChI is InChI=1S/C14H25F3O2S/c1-4-5-7-12(13(18)19-10-11(2)3)20-9-6-8-14(15,16)17/h11-12H,4-10H2,1-3H3. The molecule has 0 radical (unpaired) electrons. The van der Waals surface area contributed by atoms with E-state index in [1.165, 1.54) is 11.8 Å². The Kier molecular flexibility index (Phi) is 10.2. The van der Waals surface area contributed by atoms with Gasteiger partial charge in [0.2, 0.25) is 0 Å². The second kappa shape index (κ2) is 10.4. The first-order valence-electron chi connectivity index (χ1n) is 7.11. The second-order valence-electron chi connectivity index (χ2n) is 5.24. The lowest BCUT2D eigenvalue weighted by molar-refractivity contribution is -0.144. The van der Waals surface area contributed by atoms with Crippen molar-refractivity contribution >= 4 is 17.7 Å². The predicted molar refractivity (Wildman–Crippen MR) is 76.9 cm³/mol. The van der Waals surface area contributed by atoms with E-state index in [9.17, 15) is 18.0 Å². The van der Waals surface area contributed by atoms with E-state index in [0.717, 1.165) is 12.8 Å². The largest absolute Gasteiger partial charge is 0.465 e. The molecule has 6 heteroatoms. The van der Waals surface area contributed by atoms with Crippen LogP contribution in [0.25, 0.3) is 0 Å². The fraction of sp³-hybridized carbons (Fsp3) is 0.929. The Bertz CT molecular complexity index is 268. The molecule has 0 N–H and O–H groups in total. The number of halogens is 3. The minimum Gasteiger partial charge on any atom is -0.465 e. The number of hydrogen-bond acceptors (Lipinski definition) is 3. The van der Waals surface area contributed by atoms with E-state index in [-0.39, 0.29) is 23.6 Å². The smallest absolute Gasteiger partial charge is 0.389 e. The van der Waals surface area contributed by atoms with E-state index >= 15 is 0 Å². The van der Waals surface area contributed by atoms with Gasteiger partial charge in [0, 0.05) is 6.42 Å². The van der Waals surface area contributed by atoms with Crippen molar-refractivity contribution in [1.82, 2.24) is 0 Å². The molecule has 0 aromatic rings. The number of unbranched alkanes of at least 4 members (excludes halogenated alkanes) is 1. The van der Waals surface area contributed by atoms with E-state index in [1.807, 2.05) is 20.8 Å². The molecule has 0 fully saturated rings. The molecule has 0 heterocycles. The quantitative estimate of drug-likeness (QED) is 0.427. The average Bonchev–Trinajstić information content (AvgIpc) is 2.33. The molecule has 0 rings (SSSR count). The highest BCUT2D eigenvalue weighted by atomic mass is 32.2. The molecule has 1 atom stereocenters. The molecular formula is C14H25F3O2S. The molecule has 20 heavy (non-hydrogen) atoms. The van der Waals surface area contributed by atoms with Crippen LogP contribution >= 0.6 is 11.8 Å². The van der Waals surface area contributed by atoms with Crippen LogP contribution < -0.4 is 0 Å². The van der Waals surface area contributed by atoms with Gasteiger partial charge in [-0.15, -0.1) is 11.8 Å². The maximum absolute atomic E-state index is 12.1. The molecule has 0 bridgehead atoms. The van der Waals surface area contributed by atoms with Gasteiger partial charge in [-0.05, 0) is 24.5 Å². The number of thioether (sulfide) groups is 1. The summed E-state index contributed by atoms with van der Waals surface area (Å²) in [5.74, 6) is 0.315. The lowest BCUT2D eigenvalue weighted by Crippen LogP contribution is -2.23. The summed E-state index contributed by atoms with van der Waals surface area (Å²) in [5.41, 5.74) is 0. The number of hydrogen-bond donors (Lipinski definition) is 0. The van der Waals surface area contributed by atoms with Gasteiger partial charge in [-0.2, -0.15) is 13.2 Å². The number of carbonyl (C=O) groups excluding carboxylic acids is 1. The molecule has 0 saturated heterocycles. The summed E-state index contributed by atoms with van der Waals surface area (Å²) in [6, 6.07) is 0. The maximum Gasteiger partial charge on any atom is 0.389 e. The van der Waals surface area contributed by atoms with Crippen LogP contribution in [0.2, 0.25) is 0 Å². The van der Waals surface area contributed by atoms with E-state index in [2.05, 4.69) is 0 Å². The minimum absolute atomic E-state index is 0.0499. The van der Waals surface area contributed by atoms with Crippen LogP contribution in [0.3, 0.4) is 0 Å². The van der Waals surface area contributed by atoms with Crippen LogP contribution in [0.5, 0.6) is 0 Å². The molecule has 1 unspecified atom stereocenters. The van der Waals surface area contributed by atoms with Gasteiger partial charge in [0.15, 0.2) is 0 Å². The van der Waals surface area contributed by atoms with Crippen molar-refractivity contribution < 1.29 is 22.7 Å². The van der Waals surface area contributed by atoms with Crippen molar-refractivity contribution in [3.63, 3.8) is 0 Å². The molecule has 0 aliphatic carbocycles. The molecule has 0 saturated carbocycles. The summed E-state index contributed by atoms with van der Waals surface area (Å²) < 4.78 is 41.3. The SMILES string of the molecule is CCCCC(SCCCC(F)(F)F)C(=O)OCC(C)C. The number of esters is 1. The molecule has 0 aromatic heterocycles. The lowest BCUT2D eigenvalue weighted by Gasteiger charge is -2.16. The molecule has 120 valence electrons. The van der Waals surface area contributed by atoms with Crippen molar-refractivity contribution in [2.75, 3.05) is 12.4 Å². The Balaban J connectivity index is 4.10. The normalized spacial score (nSPS) is 13.6. The first-order chi connectivity index (χ1) is 9.26. The van der Waals surface area contributed by atoms with Crippen molar-refractivity contribution in [2.45, 2.75) is 64.3 Å². The summed E-state index contributed by atoms with van der Waals surface area (Å²) in [6.45, 7) is 6.28. The van der Waals surface area contributed by atoms with Crippen LogP contribution in [0.4, 0.5) is 13.2 Å². The number of carbonyl (C=O) groups is 1. The van der Waals surface area contributed by atoms with Crippen LogP contribution in [0, 0.1) is 5.92 Å².